The Morgan fingerprint density at radius 3 is 2.33 bits per heavy atom. The maximum absolute atomic E-state index is 12.5. The largest absolute Gasteiger partial charge is 0.368 e. The Morgan fingerprint density at radius 1 is 1.17 bits per heavy atom. The van der Waals surface area contributed by atoms with Crippen LogP contribution >= 0.6 is 0 Å². The van der Waals surface area contributed by atoms with E-state index in [1.54, 1.807) is 6.92 Å². The van der Waals surface area contributed by atoms with Gasteiger partial charge in [-0.1, -0.05) is 26.7 Å². The van der Waals surface area contributed by atoms with Crippen LogP contribution in [0.1, 0.15) is 46.5 Å². The molecule has 0 spiro atoms. The summed E-state index contributed by atoms with van der Waals surface area (Å²) in [5.41, 5.74) is 5.19. The summed E-state index contributed by atoms with van der Waals surface area (Å²) in [6.45, 7) is 5.94. The fourth-order valence-corrected chi connectivity index (χ4v) is 2.58. The molecule has 1 aliphatic heterocycles. The third kappa shape index (κ3) is 4.94. The number of primary amides is 1. The number of unbranched alkanes of at least 4 members (excludes halogenated alkanes) is 2. The number of imide groups is 1. The number of hydrogen-bond acceptors (Lipinski definition) is 4. The van der Waals surface area contributed by atoms with Crippen molar-refractivity contribution in [3.8, 4) is 0 Å². The maximum atomic E-state index is 12.5. The van der Waals surface area contributed by atoms with Crippen LogP contribution in [0.3, 0.4) is 0 Å². The van der Waals surface area contributed by atoms with Crippen molar-refractivity contribution in [3.05, 3.63) is 0 Å². The van der Waals surface area contributed by atoms with E-state index in [0.29, 0.717) is 13.1 Å². The van der Waals surface area contributed by atoms with Crippen molar-refractivity contribution >= 4 is 23.8 Å². The fourth-order valence-electron chi connectivity index (χ4n) is 2.58. The van der Waals surface area contributed by atoms with Crippen molar-refractivity contribution in [1.29, 1.82) is 0 Å². The van der Waals surface area contributed by atoms with Crippen molar-refractivity contribution < 1.29 is 19.2 Å². The van der Waals surface area contributed by atoms with Crippen LogP contribution in [0, 0.1) is 0 Å². The van der Waals surface area contributed by atoms with Crippen molar-refractivity contribution in [2.45, 2.75) is 52.5 Å². The van der Waals surface area contributed by atoms with Crippen LogP contribution in [0.15, 0.2) is 0 Å². The maximum Gasteiger partial charge on any atom is 0.327 e. The molecule has 0 unspecified atom stereocenters. The summed E-state index contributed by atoms with van der Waals surface area (Å²) < 4.78 is 0. The first-order valence-electron chi connectivity index (χ1n) is 8.51. The number of carbonyl (C=O) groups is 4. The second-order valence-electron chi connectivity index (χ2n) is 6.07. The molecular weight excluding hydrogens is 312 g/mol. The van der Waals surface area contributed by atoms with E-state index in [9.17, 15) is 19.2 Å². The third-order valence-electron chi connectivity index (χ3n) is 4.09. The lowest BCUT2D eigenvalue weighted by atomic mass is 10.2. The summed E-state index contributed by atoms with van der Waals surface area (Å²) in [5, 5.41) is 0. The minimum absolute atomic E-state index is 0.178. The Hall–Kier alpha value is -2.12. The lowest BCUT2D eigenvalue weighted by Crippen LogP contribution is -2.47. The summed E-state index contributed by atoms with van der Waals surface area (Å²) >= 11 is 0. The Balaban J connectivity index is 2.77. The third-order valence-corrected chi connectivity index (χ3v) is 4.09. The van der Waals surface area contributed by atoms with E-state index in [0.717, 1.165) is 25.7 Å². The van der Waals surface area contributed by atoms with Gasteiger partial charge < -0.3 is 15.5 Å². The van der Waals surface area contributed by atoms with Crippen LogP contribution in [0.5, 0.6) is 0 Å². The number of hydrogen-bond donors (Lipinski definition) is 1. The molecule has 24 heavy (non-hydrogen) atoms. The molecular formula is C16H28N4O4. The molecule has 8 heteroatoms. The highest BCUT2D eigenvalue weighted by molar-refractivity contribution is 6.05. The normalized spacial score (nSPS) is 17.5. The van der Waals surface area contributed by atoms with Crippen LogP contribution in [-0.2, 0) is 14.4 Å². The van der Waals surface area contributed by atoms with E-state index in [4.69, 9.17) is 5.73 Å². The lowest BCUT2D eigenvalue weighted by molar-refractivity contribution is -0.136. The zero-order chi connectivity index (χ0) is 18.3. The number of amides is 5. The molecule has 1 atom stereocenters. The molecule has 0 aromatic rings. The monoisotopic (exact) mass is 340 g/mol. The van der Waals surface area contributed by atoms with Crippen molar-refractivity contribution in [2.75, 3.05) is 26.2 Å². The molecule has 1 fully saturated rings. The lowest BCUT2D eigenvalue weighted by Gasteiger charge is -2.25. The second-order valence-corrected chi connectivity index (χ2v) is 6.07. The average molecular weight is 340 g/mol. The van der Waals surface area contributed by atoms with Crippen LogP contribution < -0.4 is 5.73 Å². The summed E-state index contributed by atoms with van der Waals surface area (Å²) in [4.78, 5) is 52.0. The predicted molar refractivity (Wildman–Crippen MR) is 88.9 cm³/mol. The summed E-state index contributed by atoms with van der Waals surface area (Å²) in [6, 6.07) is -1.11. The molecule has 0 aliphatic carbocycles. The Morgan fingerprint density at radius 2 is 1.79 bits per heavy atom. The molecule has 2 N–H and O–H groups in total. The van der Waals surface area contributed by atoms with Gasteiger partial charge in [-0.3, -0.25) is 19.3 Å². The van der Waals surface area contributed by atoms with Gasteiger partial charge in [-0.25, -0.2) is 4.79 Å². The Labute approximate surface area is 142 Å². The number of urea groups is 1. The van der Waals surface area contributed by atoms with Gasteiger partial charge in [0.1, 0.15) is 12.6 Å². The van der Waals surface area contributed by atoms with Crippen molar-refractivity contribution in [2.24, 2.45) is 5.73 Å². The van der Waals surface area contributed by atoms with Crippen LogP contribution in [-0.4, -0.2) is 70.7 Å². The second kappa shape index (κ2) is 9.24. The Bertz CT molecular complexity index is 494. The van der Waals surface area contributed by atoms with Crippen LogP contribution in [0.4, 0.5) is 4.79 Å². The van der Waals surface area contributed by atoms with Gasteiger partial charge in [-0.15, -0.1) is 0 Å². The average Bonchev–Trinajstić information content (AvgIpc) is 2.73. The van der Waals surface area contributed by atoms with Crippen LogP contribution in [0.2, 0.25) is 0 Å². The van der Waals surface area contributed by atoms with Gasteiger partial charge in [-0.2, -0.15) is 0 Å². The Kier molecular flexibility index (Phi) is 7.67. The topological polar surface area (TPSA) is 104 Å². The molecule has 1 heterocycles. The van der Waals surface area contributed by atoms with Gasteiger partial charge in [0, 0.05) is 13.1 Å². The highest BCUT2D eigenvalue weighted by atomic mass is 16.2. The molecule has 0 aromatic heterocycles. The summed E-state index contributed by atoms with van der Waals surface area (Å²) in [7, 11) is 0. The minimum Gasteiger partial charge on any atom is -0.368 e. The molecule has 0 bridgehead atoms. The first-order chi connectivity index (χ1) is 11.3. The zero-order valence-electron chi connectivity index (χ0n) is 14.8. The molecule has 0 saturated carbocycles. The van der Waals surface area contributed by atoms with Gasteiger partial charge in [0.15, 0.2) is 0 Å². The highest BCUT2D eigenvalue weighted by Gasteiger charge is 2.43. The summed E-state index contributed by atoms with van der Waals surface area (Å²) in [5.74, 6) is -1.25. The number of nitrogens with two attached hydrogens (primary N) is 1. The van der Waals surface area contributed by atoms with E-state index in [1.807, 2.05) is 13.8 Å². The zero-order valence-corrected chi connectivity index (χ0v) is 14.8. The van der Waals surface area contributed by atoms with Crippen molar-refractivity contribution in [3.63, 3.8) is 0 Å². The fraction of sp³-hybridized carbons (Fsp3) is 0.750. The predicted octanol–water partition coefficient (Wildman–Crippen LogP) is 0.553. The van der Waals surface area contributed by atoms with E-state index in [1.165, 1.54) is 14.7 Å². The first-order valence-corrected chi connectivity index (χ1v) is 8.51. The number of carbonyl (C=O) groups excluding carboxylic acids is 4. The smallest absolute Gasteiger partial charge is 0.327 e. The van der Waals surface area contributed by atoms with Crippen molar-refractivity contribution in [1.82, 2.24) is 14.7 Å². The highest BCUT2D eigenvalue weighted by Crippen LogP contribution is 2.18. The molecule has 1 aliphatic rings. The minimum atomic E-state index is -0.667. The van der Waals surface area contributed by atoms with Crippen LogP contribution in [0.25, 0.3) is 0 Å². The quantitative estimate of drug-likeness (QED) is 0.586. The standard InChI is InChI=1S/C16H28N4O4/c1-4-6-8-18(10-13(17)21)14(22)11-20-12(3)15(23)19(16(20)24)9-7-5-2/h12H,4-11H2,1-3H3,(H2,17,21)/t12-/m0/s1. The molecule has 136 valence electrons. The molecule has 0 radical (unpaired) electrons. The SMILES string of the molecule is CCCCN(CC(N)=O)C(=O)CN1C(=O)N(CCCC)C(=O)[C@@H]1C. The van der Waals surface area contributed by atoms with Gasteiger partial charge >= 0.3 is 6.03 Å². The summed E-state index contributed by atoms with van der Waals surface area (Å²) in [6.07, 6.45) is 3.21. The van der Waals surface area contributed by atoms with E-state index in [2.05, 4.69) is 0 Å². The molecule has 0 aromatic carbocycles. The van der Waals surface area contributed by atoms with Gasteiger partial charge in [0.25, 0.3) is 5.91 Å². The van der Waals surface area contributed by atoms with Gasteiger partial charge in [0.2, 0.25) is 11.8 Å². The van der Waals surface area contributed by atoms with E-state index >= 15 is 0 Å². The number of nitrogens with zero attached hydrogens (tertiary/aromatic N) is 3. The first kappa shape index (κ1) is 19.9. The molecule has 8 nitrogen and oxygen atoms in total. The van der Waals surface area contributed by atoms with E-state index < -0.39 is 18.0 Å². The van der Waals surface area contributed by atoms with E-state index in [-0.39, 0.29) is 24.9 Å². The molecule has 1 rings (SSSR count). The molecule has 5 amide bonds. The van der Waals surface area contributed by atoms with Gasteiger partial charge in [0.05, 0.1) is 6.54 Å². The van der Waals surface area contributed by atoms with Gasteiger partial charge in [-0.05, 0) is 19.8 Å². The molecule has 1 saturated heterocycles. The number of rotatable bonds is 10.